The minimum absolute atomic E-state index is 0.387. The molecule has 0 saturated carbocycles. The van der Waals surface area contributed by atoms with Gasteiger partial charge in [0.1, 0.15) is 31.0 Å². The molecule has 1 fully saturated rings. The van der Waals surface area contributed by atoms with Crippen molar-refractivity contribution < 1.29 is 25.2 Å². The van der Waals surface area contributed by atoms with E-state index < -0.39 is 24.4 Å². The van der Waals surface area contributed by atoms with Crippen LogP contribution in [0, 0.1) is 6.61 Å². The Morgan fingerprint density at radius 2 is 1.82 bits per heavy atom. The highest BCUT2D eigenvalue weighted by atomic mass is 16.5. The highest BCUT2D eigenvalue weighted by Crippen LogP contribution is 2.17. The SMILES string of the molecule is OC[C@H]1O[CH][C@@H](O)[C@H](O)[C@@H]1O. The van der Waals surface area contributed by atoms with Gasteiger partial charge < -0.3 is 25.2 Å². The Bertz CT molecular complexity index is 126. The van der Waals surface area contributed by atoms with Crippen molar-refractivity contribution in [1.29, 1.82) is 0 Å². The zero-order chi connectivity index (χ0) is 8.43. The van der Waals surface area contributed by atoms with Gasteiger partial charge in [-0.1, -0.05) is 0 Å². The van der Waals surface area contributed by atoms with E-state index in [1.807, 2.05) is 0 Å². The Labute approximate surface area is 63.8 Å². The second kappa shape index (κ2) is 3.46. The highest BCUT2D eigenvalue weighted by molar-refractivity contribution is 4.91. The van der Waals surface area contributed by atoms with Crippen molar-refractivity contribution in [3.05, 3.63) is 6.61 Å². The molecule has 5 heteroatoms. The molecule has 65 valence electrons. The van der Waals surface area contributed by atoms with E-state index in [4.69, 9.17) is 20.4 Å². The number of aliphatic hydroxyl groups is 4. The number of aliphatic hydroxyl groups excluding tert-OH is 4. The molecule has 0 unspecified atom stereocenters. The predicted molar refractivity (Wildman–Crippen MR) is 34.3 cm³/mol. The first-order valence-electron chi connectivity index (χ1n) is 3.30. The molecule has 0 aromatic rings. The fourth-order valence-corrected chi connectivity index (χ4v) is 0.915. The van der Waals surface area contributed by atoms with E-state index in [1.165, 1.54) is 0 Å². The molecular formula is C6H11O5. The number of hydrogen-bond donors (Lipinski definition) is 4. The largest absolute Gasteiger partial charge is 0.394 e. The molecular weight excluding hydrogens is 152 g/mol. The van der Waals surface area contributed by atoms with Gasteiger partial charge in [0.15, 0.2) is 0 Å². The molecule has 1 heterocycles. The van der Waals surface area contributed by atoms with Crippen molar-refractivity contribution in [1.82, 2.24) is 0 Å². The minimum Gasteiger partial charge on any atom is -0.394 e. The molecule has 0 aliphatic carbocycles. The molecule has 4 atom stereocenters. The molecule has 1 aliphatic heterocycles. The molecule has 1 rings (SSSR count). The Hall–Kier alpha value is -0.200. The first-order chi connectivity index (χ1) is 5.16. The lowest BCUT2D eigenvalue weighted by Crippen LogP contribution is -2.52. The Morgan fingerprint density at radius 3 is 2.36 bits per heavy atom. The molecule has 1 saturated heterocycles. The lowest BCUT2D eigenvalue weighted by molar-refractivity contribution is -0.169. The second-order valence-electron chi connectivity index (χ2n) is 2.46. The summed E-state index contributed by atoms with van der Waals surface area (Å²) in [5.41, 5.74) is 0. The molecule has 1 radical (unpaired) electrons. The van der Waals surface area contributed by atoms with Gasteiger partial charge in [-0.15, -0.1) is 0 Å². The summed E-state index contributed by atoms with van der Waals surface area (Å²) in [4.78, 5) is 0. The lowest BCUT2D eigenvalue weighted by Gasteiger charge is -2.33. The van der Waals surface area contributed by atoms with Crippen LogP contribution in [0.15, 0.2) is 0 Å². The maximum atomic E-state index is 9.09. The van der Waals surface area contributed by atoms with Crippen molar-refractivity contribution >= 4 is 0 Å². The van der Waals surface area contributed by atoms with Gasteiger partial charge in [-0.25, -0.2) is 0 Å². The van der Waals surface area contributed by atoms with Crippen molar-refractivity contribution in [2.45, 2.75) is 24.4 Å². The fourth-order valence-electron chi connectivity index (χ4n) is 0.915. The van der Waals surface area contributed by atoms with Crippen LogP contribution >= 0.6 is 0 Å². The molecule has 4 N–H and O–H groups in total. The number of rotatable bonds is 1. The number of ether oxygens (including phenoxy) is 1. The van der Waals surface area contributed by atoms with Gasteiger partial charge in [0.2, 0.25) is 0 Å². The Morgan fingerprint density at radius 1 is 1.18 bits per heavy atom. The average molecular weight is 163 g/mol. The van der Waals surface area contributed by atoms with E-state index in [0.717, 1.165) is 6.61 Å². The van der Waals surface area contributed by atoms with Crippen LogP contribution in [-0.4, -0.2) is 51.4 Å². The molecule has 1 aliphatic rings. The van der Waals surface area contributed by atoms with Crippen LogP contribution < -0.4 is 0 Å². The van der Waals surface area contributed by atoms with E-state index >= 15 is 0 Å². The molecule has 0 amide bonds. The molecule has 0 spiro atoms. The summed E-state index contributed by atoms with van der Waals surface area (Å²) in [5, 5.41) is 35.6. The van der Waals surface area contributed by atoms with Crippen molar-refractivity contribution in [2.75, 3.05) is 6.61 Å². The zero-order valence-electron chi connectivity index (χ0n) is 5.79. The van der Waals surface area contributed by atoms with Gasteiger partial charge in [-0.2, -0.15) is 0 Å². The maximum absolute atomic E-state index is 9.09. The summed E-state index contributed by atoms with van der Waals surface area (Å²) >= 11 is 0. The van der Waals surface area contributed by atoms with Crippen molar-refractivity contribution in [2.24, 2.45) is 0 Å². The summed E-state index contributed by atoms with van der Waals surface area (Å²) in [7, 11) is 0. The van der Waals surface area contributed by atoms with E-state index in [1.54, 1.807) is 0 Å². The average Bonchev–Trinajstić information content (AvgIpc) is 2.01. The molecule has 0 bridgehead atoms. The van der Waals surface area contributed by atoms with Gasteiger partial charge >= 0.3 is 0 Å². The first kappa shape index (κ1) is 8.89. The van der Waals surface area contributed by atoms with Crippen LogP contribution in [-0.2, 0) is 4.74 Å². The monoisotopic (exact) mass is 163 g/mol. The molecule has 5 nitrogen and oxygen atoms in total. The van der Waals surface area contributed by atoms with Crippen LogP contribution in [0.1, 0.15) is 0 Å². The van der Waals surface area contributed by atoms with Crippen LogP contribution in [0.2, 0.25) is 0 Å². The van der Waals surface area contributed by atoms with E-state index in [0.29, 0.717) is 0 Å². The summed E-state index contributed by atoms with van der Waals surface area (Å²) in [6, 6.07) is 0. The predicted octanol–water partition coefficient (Wildman–Crippen LogP) is -2.38. The van der Waals surface area contributed by atoms with Gasteiger partial charge in [0, 0.05) is 0 Å². The normalized spacial score (nSPS) is 45.8. The minimum atomic E-state index is -1.28. The second-order valence-corrected chi connectivity index (χ2v) is 2.46. The van der Waals surface area contributed by atoms with Gasteiger partial charge in [0.25, 0.3) is 0 Å². The van der Waals surface area contributed by atoms with Crippen LogP contribution in [0.4, 0.5) is 0 Å². The number of hydrogen-bond acceptors (Lipinski definition) is 5. The van der Waals surface area contributed by atoms with Crippen LogP contribution in [0.25, 0.3) is 0 Å². The smallest absolute Gasteiger partial charge is 0.115 e. The first-order valence-corrected chi connectivity index (χ1v) is 3.30. The standard InChI is InChI=1S/C6H11O5/c7-1-4-6(10)5(9)3(8)2-11-4/h2-10H,1H2/t3-,4-,5+,6-/m1/s1. The van der Waals surface area contributed by atoms with E-state index in [2.05, 4.69) is 4.74 Å². The summed E-state index contributed by atoms with van der Waals surface area (Å²) in [6.07, 6.45) is -4.54. The maximum Gasteiger partial charge on any atom is 0.115 e. The van der Waals surface area contributed by atoms with Crippen molar-refractivity contribution in [3.8, 4) is 0 Å². The summed E-state index contributed by atoms with van der Waals surface area (Å²) < 4.78 is 4.69. The van der Waals surface area contributed by atoms with E-state index in [-0.39, 0.29) is 6.61 Å². The Balaban J connectivity index is 2.52. The highest BCUT2D eigenvalue weighted by Gasteiger charge is 2.37. The third-order valence-electron chi connectivity index (χ3n) is 1.65. The lowest BCUT2D eigenvalue weighted by atomic mass is 10.0. The Kier molecular flexibility index (Phi) is 2.80. The van der Waals surface area contributed by atoms with Crippen molar-refractivity contribution in [3.63, 3.8) is 0 Å². The molecule has 0 aromatic carbocycles. The quantitative estimate of drug-likeness (QED) is 0.346. The van der Waals surface area contributed by atoms with Crippen LogP contribution in [0.3, 0.4) is 0 Å². The van der Waals surface area contributed by atoms with E-state index in [9.17, 15) is 0 Å². The summed E-state index contributed by atoms with van der Waals surface area (Å²) in [6.45, 7) is 0.611. The van der Waals surface area contributed by atoms with Gasteiger partial charge in [-0.05, 0) is 0 Å². The third kappa shape index (κ3) is 1.69. The zero-order valence-corrected chi connectivity index (χ0v) is 5.79. The topological polar surface area (TPSA) is 90.2 Å². The fraction of sp³-hybridized carbons (Fsp3) is 0.833. The molecule has 0 aromatic heterocycles. The third-order valence-corrected chi connectivity index (χ3v) is 1.65. The van der Waals surface area contributed by atoms with Gasteiger partial charge in [-0.3, -0.25) is 0 Å². The summed E-state index contributed by atoms with van der Waals surface area (Å²) in [5.74, 6) is 0. The van der Waals surface area contributed by atoms with Crippen LogP contribution in [0.5, 0.6) is 0 Å². The molecule has 11 heavy (non-hydrogen) atoms. The van der Waals surface area contributed by atoms with Gasteiger partial charge in [0.05, 0.1) is 6.61 Å².